The summed E-state index contributed by atoms with van der Waals surface area (Å²) in [7, 11) is 1.54. The lowest BCUT2D eigenvalue weighted by Gasteiger charge is -2.07. The summed E-state index contributed by atoms with van der Waals surface area (Å²) in [5.74, 6) is -0.141. The lowest BCUT2D eigenvalue weighted by atomic mass is 10.0. The van der Waals surface area contributed by atoms with Crippen molar-refractivity contribution in [1.29, 1.82) is 0 Å². The third-order valence-electron chi connectivity index (χ3n) is 4.32. The smallest absolute Gasteiger partial charge is 0.338 e. The summed E-state index contributed by atoms with van der Waals surface area (Å²) in [6.45, 7) is 1.00. The zero-order chi connectivity index (χ0) is 21.5. The van der Waals surface area contributed by atoms with E-state index in [-0.39, 0.29) is 18.4 Å². The van der Waals surface area contributed by atoms with Crippen molar-refractivity contribution in [3.8, 4) is 22.6 Å². The second-order valence-electron chi connectivity index (χ2n) is 6.42. The van der Waals surface area contributed by atoms with Crippen LogP contribution in [-0.2, 0) is 9.53 Å². The van der Waals surface area contributed by atoms with E-state index in [1.165, 1.54) is 6.92 Å². The normalized spacial score (nSPS) is 10.2. The van der Waals surface area contributed by atoms with Crippen molar-refractivity contribution < 1.29 is 28.6 Å². The number of Topliss-reactive ketones (excluding diaryl/α,β-unsaturated/α-hetero) is 1. The van der Waals surface area contributed by atoms with Crippen LogP contribution in [-0.4, -0.2) is 31.4 Å². The molecule has 6 nitrogen and oxygen atoms in total. The summed E-state index contributed by atoms with van der Waals surface area (Å²) in [6, 6.07) is 20.5. The zero-order valence-corrected chi connectivity index (χ0v) is 16.6. The van der Waals surface area contributed by atoms with Crippen LogP contribution in [0.15, 0.2) is 72.8 Å². The topological polar surface area (TPSA) is 78.9 Å². The van der Waals surface area contributed by atoms with Crippen LogP contribution in [0.4, 0.5) is 0 Å². The maximum absolute atomic E-state index is 12.2. The Morgan fingerprint density at radius 3 is 1.73 bits per heavy atom. The molecule has 0 N–H and O–H groups in total. The van der Waals surface area contributed by atoms with E-state index >= 15 is 0 Å². The van der Waals surface area contributed by atoms with Crippen LogP contribution in [0.2, 0.25) is 0 Å². The predicted octanol–water partition coefficient (Wildman–Crippen LogP) is 4.33. The first kappa shape index (κ1) is 20.8. The van der Waals surface area contributed by atoms with E-state index in [4.69, 9.17) is 14.2 Å². The highest BCUT2D eigenvalue weighted by Crippen LogP contribution is 2.23. The minimum Gasteiger partial charge on any atom is -0.497 e. The minimum absolute atomic E-state index is 0.296. The van der Waals surface area contributed by atoms with Crippen molar-refractivity contribution >= 4 is 17.7 Å². The molecule has 3 rings (SSSR count). The monoisotopic (exact) mass is 404 g/mol. The molecule has 0 bridgehead atoms. The van der Waals surface area contributed by atoms with Gasteiger partial charge in [0.2, 0.25) is 0 Å². The Hall–Kier alpha value is -3.93. The van der Waals surface area contributed by atoms with E-state index in [0.29, 0.717) is 22.6 Å². The molecule has 152 valence electrons. The van der Waals surface area contributed by atoms with Gasteiger partial charge in [-0.3, -0.25) is 9.59 Å². The van der Waals surface area contributed by atoms with Crippen LogP contribution >= 0.6 is 0 Å². The van der Waals surface area contributed by atoms with Crippen LogP contribution in [0.5, 0.6) is 11.5 Å². The van der Waals surface area contributed by atoms with Crippen molar-refractivity contribution in [1.82, 2.24) is 0 Å². The molecule has 0 aliphatic carbocycles. The van der Waals surface area contributed by atoms with Gasteiger partial charge in [0.25, 0.3) is 0 Å². The summed E-state index contributed by atoms with van der Waals surface area (Å²) in [6.07, 6.45) is 0. The number of esters is 2. The van der Waals surface area contributed by atoms with E-state index in [1.807, 2.05) is 12.1 Å². The molecule has 0 aromatic heterocycles. The molecule has 30 heavy (non-hydrogen) atoms. The molecule has 6 heteroatoms. The molecule has 0 aliphatic rings. The Morgan fingerprint density at radius 1 is 0.700 bits per heavy atom. The van der Waals surface area contributed by atoms with Gasteiger partial charge in [0.1, 0.15) is 11.5 Å². The summed E-state index contributed by atoms with van der Waals surface area (Å²) in [5.41, 5.74) is 2.57. The third-order valence-corrected chi connectivity index (χ3v) is 4.32. The van der Waals surface area contributed by atoms with Crippen LogP contribution in [0, 0.1) is 0 Å². The lowest BCUT2D eigenvalue weighted by Crippen LogP contribution is -2.14. The molecular weight excluding hydrogens is 384 g/mol. The Balaban J connectivity index is 1.59. The SMILES string of the molecule is COc1ccc(C(=O)COC(=O)c2ccc(-c3ccc(OC(C)=O)cc3)cc2)cc1. The Bertz CT molecular complexity index is 1030. The van der Waals surface area contributed by atoms with Gasteiger partial charge in [0, 0.05) is 12.5 Å². The number of hydrogen-bond acceptors (Lipinski definition) is 6. The third kappa shape index (κ3) is 5.32. The number of benzene rings is 3. The summed E-state index contributed by atoms with van der Waals surface area (Å²) in [4.78, 5) is 35.4. The van der Waals surface area contributed by atoms with Gasteiger partial charge < -0.3 is 14.2 Å². The highest BCUT2D eigenvalue weighted by atomic mass is 16.5. The fourth-order valence-electron chi connectivity index (χ4n) is 2.75. The molecule has 3 aromatic rings. The van der Waals surface area contributed by atoms with Gasteiger partial charge >= 0.3 is 11.9 Å². The Morgan fingerprint density at radius 2 is 1.20 bits per heavy atom. The Labute approximate surface area is 174 Å². The lowest BCUT2D eigenvalue weighted by molar-refractivity contribution is -0.131. The Kier molecular flexibility index (Phi) is 6.60. The molecular formula is C24H20O6. The highest BCUT2D eigenvalue weighted by Gasteiger charge is 2.12. The largest absolute Gasteiger partial charge is 0.497 e. The average Bonchev–Trinajstić information content (AvgIpc) is 2.77. The van der Waals surface area contributed by atoms with Crippen molar-refractivity contribution in [2.45, 2.75) is 6.92 Å². The van der Waals surface area contributed by atoms with Crippen LogP contribution in [0.1, 0.15) is 27.6 Å². The summed E-state index contributed by atoms with van der Waals surface area (Å²) < 4.78 is 15.2. The molecule has 0 unspecified atom stereocenters. The van der Waals surface area contributed by atoms with Gasteiger partial charge in [0.15, 0.2) is 12.4 Å². The quantitative estimate of drug-likeness (QED) is 0.331. The van der Waals surface area contributed by atoms with Gasteiger partial charge in [0.05, 0.1) is 12.7 Å². The van der Waals surface area contributed by atoms with Gasteiger partial charge in [-0.25, -0.2) is 4.79 Å². The number of ether oxygens (including phenoxy) is 3. The molecule has 0 fully saturated rings. The zero-order valence-electron chi connectivity index (χ0n) is 16.6. The van der Waals surface area contributed by atoms with Gasteiger partial charge in [-0.15, -0.1) is 0 Å². The molecule has 0 aliphatic heterocycles. The van der Waals surface area contributed by atoms with E-state index in [0.717, 1.165) is 11.1 Å². The molecule has 3 aromatic carbocycles. The molecule has 0 atom stereocenters. The van der Waals surface area contributed by atoms with E-state index in [9.17, 15) is 14.4 Å². The molecule has 0 saturated heterocycles. The second kappa shape index (κ2) is 9.52. The number of hydrogen-bond donors (Lipinski definition) is 0. The number of carbonyl (C=O) groups is 3. The fourth-order valence-corrected chi connectivity index (χ4v) is 2.75. The van der Waals surface area contributed by atoms with Crippen molar-refractivity contribution in [2.75, 3.05) is 13.7 Å². The first-order valence-corrected chi connectivity index (χ1v) is 9.19. The van der Waals surface area contributed by atoms with Gasteiger partial charge in [-0.05, 0) is 59.7 Å². The molecule has 0 saturated carbocycles. The molecule has 0 spiro atoms. The average molecular weight is 404 g/mol. The number of ketones is 1. The van der Waals surface area contributed by atoms with E-state index < -0.39 is 5.97 Å². The number of methoxy groups -OCH3 is 1. The number of carbonyl (C=O) groups excluding carboxylic acids is 3. The van der Waals surface area contributed by atoms with Crippen molar-refractivity contribution in [3.05, 3.63) is 83.9 Å². The first-order chi connectivity index (χ1) is 14.5. The van der Waals surface area contributed by atoms with E-state index in [1.54, 1.807) is 67.8 Å². The molecule has 0 amide bonds. The predicted molar refractivity (Wildman–Crippen MR) is 111 cm³/mol. The standard InChI is InChI=1S/C24H20O6/c1-16(25)30-22-13-7-18(8-14-22)17-3-5-20(6-4-17)24(27)29-15-23(26)19-9-11-21(28-2)12-10-19/h3-14H,15H2,1-2H3. The van der Waals surface area contributed by atoms with Crippen LogP contribution in [0.3, 0.4) is 0 Å². The summed E-state index contributed by atoms with van der Waals surface area (Å²) >= 11 is 0. The van der Waals surface area contributed by atoms with Gasteiger partial charge in [-0.2, -0.15) is 0 Å². The van der Waals surface area contributed by atoms with Gasteiger partial charge in [-0.1, -0.05) is 24.3 Å². The highest BCUT2D eigenvalue weighted by molar-refractivity contribution is 5.99. The second-order valence-corrected chi connectivity index (χ2v) is 6.42. The first-order valence-electron chi connectivity index (χ1n) is 9.19. The number of rotatable bonds is 7. The van der Waals surface area contributed by atoms with Crippen molar-refractivity contribution in [2.24, 2.45) is 0 Å². The maximum atomic E-state index is 12.2. The van der Waals surface area contributed by atoms with E-state index in [2.05, 4.69) is 0 Å². The van der Waals surface area contributed by atoms with Crippen LogP contribution < -0.4 is 9.47 Å². The fraction of sp³-hybridized carbons (Fsp3) is 0.125. The maximum Gasteiger partial charge on any atom is 0.338 e. The molecule has 0 heterocycles. The molecule has 0 radical (unpaired) electrons. The minimum atomic E-state index is -0.575. The summed E-state index contributed by atoms with van der Waals surface area (Å²) in [5, 5.41) is 0. The van der Waals surface area contributed by atoms with Crippen molar-refractivity contribution in [3.63, 3.8) is 0 Å². The van der Waals surface area contributed by atoms with Crippen LogP contribution in [0.25, 0.3) is 11.1 Å².